The molecule has 0 spiro atoms. The van der Waals surface area contributed by atoms with Crippen molar-refractivity contribution < 1.29 is 22.4 Å². The molecule has 8 nitrogen and oxygen atoms in total. The van der Waals surface area contributed by atoms with E-state index in [2.05, 4.69) is 32.5 Å². The van der Waals surface area contributed by atoms with E-state index >= 15 is 0 Å². The average molecular weight is 578 g/mol. The second-order valence-electron chi connectivity index (χ2n) is 10.7. The van der Waals surface area contributed by atoms with E-state index in [1.54, 1.807) is 47.3 Å². The summed E-state index contributed by atoms with van der Waals surface area (Å²) in [5.41, 5.74) is 6.79. The van der Waals surface area contributed by atoms with E-state index in [4.69, 9.17) is 0 Å². The smallest absolute Gasteiger partial charge is 0.282 e. The van der Waals surface area contributed by atoms with Gasteiger partial charge in [0.2, 0.25) is 0 Å². The molecule has 1 aliphatic heterocycles. The van der Waals surface area contributed by atoms with Gasteiger partial charge in [0, 0.05) is 60.2 Å². The Morgan fingerprint density at radius 2 is 1.79 bits per heavy atom. The van der Waals surface area contributed by atoms with Gasteiger partial charge in [0.05, 0.1) is 13.1 Å². The van der Waals surface area contributed by atoms with Crippen LogP contribution in [0.3, 0.4) is 0 Å². The van der Waals surface area contributed by atoms with Gasteiger partial charge in [-0.2, -0.15) is 5.10 Å². The molecule has 2 fully saturated rings. The monoisotopic (exact) mass is 577 g/mol. The minimum atomic E-state index is -2.93. The van der Waals surface area contributed by atoms with E-state index in [9.17, 15) is 22.4 Å². The van der Waals surface area contributed by atoms with Crippen molar-refractivity contribution in [2.75, 3.05) is 18.4 Å². The molecule has 2 aromatic carbocycles. The highest BCUT2D eigenvalue weighted by atomic mass is 19.3. The number of fused-ring (bicyclic) bond motifs is 1. The fourth-order valence-corrected chi connectivity index (χ4v) is 5.31. The van der Waals surface area contributed by atoms with Crippen LogP contribution < -0.4 is 10.7 Å². The van der Waals surface area contributed by atoms with Crippen LogP contribution in [0.1, 0.15) is 41.9 Å². The molecule has 42 heavy (non-hydrogen) atoms. The molecule has 0 radical (unpaired) electrons. The number of nitrogens with zero attached hydrogens (tertiary/aromatic N) is 5. The highest BCUT2D eigenvalue weighted by Crippen LogP contribution is 2.48. The predicted octanol–water partition coefficient (Wildman–Crippen LogP) is 6.47. The van der Waals surface area contributed by atoms with E-state index in [-0.39, 0.29) is 5.69 Å². The number of benzene rings is 2. The Morgan fingerprint density at radius 1 is 1.05 bits per heavy atom. The molecular formula is C30H27F4N7O. The van der Waals surface area contributed by atoms with Crippen LogP contribution in [0.25, 0.3) is 27.9 Å². The molecule has 6 rings (SSSR count). The minimum Gasteiger partial charge on any atom is -0.340 e. The number of rotatable bonds is 8. The number of hydrogen-bond donors (Lipinski definition) is 2. The summed E-state index contributed by atoms with van der Waals surface area (Å²) in [7, 11) is 0. The molecule has 2 aromatic heterocycles. The number of hydrogen-bond acceptors (Lipinski definition) is 6. The van der Waals surface area contributed by atoms with Gasteiger partial charge in [0.1, 0.15) is 11.5 Å². The van der Waals surface area contributed by atoms with Gasteiger partial charge in [-0.3, -0.25) is 10.2 Å². The first-order valence-electron chi connectivity index (χ1n) is 13.3. The summed E-state index contributed by atoms with van der Waals surface area (Å²) < 4.78 is 56.3. The molecule has 2 N–H and O–H groups in total. The summed E-state index contributed by atoms with van der Waals surface area (Å²) in [6.07, 6.45) is 2.50. The molecule has 1 amide bonds. The molecule has 1 aliphatic carbocycles. The number of allylic oxidation sites excluding steroid dienone is 1. The van der Waals surface area contributed by atoms with Crippen molar-refractivity contribution in [1.29, 1.82) is 0 Å². The number of anilines is 2. The first-order chi connectivity index (χ1) is 20.0. The quantitative estimate of drug-likeness (QED) is 0.142. The van der Waals surface area contributed by atoms with Crippen molar-refractivity contribution in [2.24, 2.45) is 5.10 Å². The summed E-state index contributed by atoms with van der Waals surface area (Å²) in [6, 6.07) is 15.7. The number of alkyl halides is 4. The largest absolute Gasteiger partial charge is 0.340 e. The maximum absolute atomic E-state index is 13.9. The minimum absolute atomic E-state index is 0.125. The molecule has 12 heteroatoms. The molecule has 0 atom stereocenters. The lowest BCUT2D eigenvalue weighted by Gasteiger charge is -2.40. The van der Waals surface area contributed by atoms with Crippen LogP contribution in [-0.2, 0) is 0 Å². The lowest BCUT2D eigenvalue weighted by Crippen LogP contribution is -2.58. The lowest BCUT2D eigenvalue weighted by atomic mass is 9.87. The zero-order valence-corrected chi connectivity index (χ0v) is 22.6. The third-order valence-electron chi connectivity index (χ3n) is 7.52. The number of nitrogens with one attached hydrogen (secondary N) is 2. The number of aromatic nitrogens is 3. The summed E-state index contributed by atoms with van der Waals surface area (Å²) in [5.74, 6) is -5.43. The Morgan fingerprint density at radius 3 is 2.45 bits per heavy atom. The third-order valence-corrected chi connectivity index (χ3v) is 7.52. The molecule has 4 aromatic rings. The SMILES string of the molecule is C=NN/C=C(\C)c1ccc(Nc2ccnc(-c3ccc4cc(C(=O)N5CC(F)(F)C5)n(C5CC(F)(F)C5)c4c3)n2)cc1. The number of amides is 1. The summed E-state index contributed by atoms with van der Waals surface area (Å²) in [6.45, 7) is 3.96. The standard InChI is InChI=1S/C30H27F4N7O/c1-18(15-37-35-2)19-5-7-22(8-6-19)38-26-9-10-36-27(39-26)21-4-3-20-11-25(28(42)40-16-30(33,34)17-40)41(24(20)12-21)23-13-29(31,32)14-23/h3-12,15,23,37H,2,13-14,16-17H2,1H3,(H,36,38,39)/b18-15+. The lowest BCUT2D eigenvalue weighted by molar-refractivity contribution is -0.114. The Labute approximate surface area is 238 Å². The van der Waals surface area contributed by atoms with Crippen molar-refractivity contribution in [1.82, 2.24) is 24.9 Å². The van der Waals surface area contributed by atoms with E-state index in [1.807, 2.05) is 31.2 Å². The van der Waals surface area contributed by atoms with Gasteiger partial charge in [-0.05, 0) is 48.4 Å². The normalized spacial score (nSPS) is 17.8. The number of likely N-dealkylation sites (tertiary alicyclic amines) is 1. The van der Waals surface area contributed by atoms with Crippen LogP contribution in [0.5, 0.6) is 0 Å². The highest BCUT2D eigenvalue weighted by Gasteiger charge is 2.50. The summed E-state index contributed by atoms with van der Waals surface area (Å²) >= 11 is 0. The first kappa shape index (κ1) is 27.4. The van der Waals surface area contributed by atoms with E-state index < -0.39 is 49.7 Å². The maximum atomic E-state index is 13.9. The number of carbonyl (C=O) groups excluding carboxylic acids is 1. The predicted molar refractivity (Wildman–Crippen MR) is 153 cm³/mol. The maximum Gasteiger partial charge on any atom is 0.282 e. The zero-order valence-electron chi connectivity index (χ0n) is 22.6. The van der Waals surface area contributed by atoms with Crippen molar-refractivity contribution in [3.8, 4) is 11.4 Å². The van der Waals surface area contributed by atoms with Crippen molar-refractivity contribution in [2.45, 2.75) is 37.7 Å². The fourth-order valence-electron chi connectivity index (χ4n) is 5.31. The van der Waals surface area contributed by atoms with Crippen LogP contribution in [0.15, 0.2) is 72.1 Å². The molecule has 0 bridgehead atoms. The van der Waals surface area contributed by atoms with Crippen molar-refractivity contribution in [3.05, 3.63) is 78.3 Å². The molecule has 1 saturated carbocycles. The second kappa shape index (κ2) is 10.3. The molecule has 1 saturated heterocycles. The van der Waals surface area contributed by atoms with Crippen molar-refractivity contribution >= 4 is 40.6 Å². The summed E-state index contributed by atoms with van der Waals surface area (Å²) in [4.78, 5) is 23.2. The first-order valence-corrected chi connectivity index (χ1v) is 13.3. The number of hydrazone groups is 1. The molecule has 3 heterocycles. The van der Waals surface area contributed by atoms with Gasteiger partial charge >= 0.3 is 0 Å². The van der Waals surface area contributed by atoms with Gasteiger partial charge in [-0.25, -0.2) is 27.5 Å². The van der Waals surface area contributed by atoms with Crippen LogP contribution >= 0.6 is 0 Å². The van der Waals surface area contributed by atoms with Crippen LogP contribution in [-0.4, -0.2) is 57.0 Å². The highest BCUT2D eigenvalue weighted by molar-refractivity contribution is 6.00. The fraction of sp³-hybridized carbons (Fsp3) is 0.267. The van der Waals surface area contributed by atoms with Gasteiger partial charge in [-0.15, -0.1) is 0 Å². The van der Waals surface area contributed by atoms with E-state index in [0.717, 1.165) is 21.7 Å². The zero-order chi connectivity index (χ0) is 29.6. The molecular weight excluding hydrogens is 550 g/mol. The van der Waals surface area contributed by atoms with Crippen LogP contribution in [0.2, 0.25) is 0 Å². The topological polar surface area (TPSA) is 87.4 Å². The molecule has 0 unspecified atom stereocenters. The number of carbonyl (C=O) groups is 1. The second-order valence-corrected chi connectivity index (χ2v) is 10.7. The summed E-state index contributed by atoms with van der Waals surface area (Å²) in [5, 5.41) is 7.50. The van der Waals surface area contributed by atoms with Crippen LogP contribution in [0, 0.1) is 0 Å². The van der Waals surface area contributed by atoms with Gasteiger partial charge in [0.25, 0.3) is 17.8 Å². The Kier molecular flexibility index (Phi) is 6.71. The Balaban J connectivity index is 1.29. The average Bonchev–Trinajstić information content (AvgIpc) is 3.32. The van der Waals surface area contributed by atoms with Crippen LogP contribution in [0.4, 0.5) is 29.1 Å². The molecule has 2 aliphatic rings. The van der Waals surface area contributed by atoms with Gasteiger partial charge < -0.3 is 14.8 Å². The van der Waals surface area contributed by atoms with E-state index in [0.29, 0.717) is 28.1 Å². The van der Waals surface area contributed by atoms with E-state index in [1.165, 1.54) is 0 Å². The third kappa shape index (κ3) is 5.31. The molecule has 216 valence electrons. The Bertz CT molecular complexity index is 1700. The Hall–Kier alpha value is -4.74. The van der Waals surface area contributed by atoms with Gasteiger partial charge in [0.15, 0.2) is 5.82 Å². The number of halogens is 4. The van der Waals surface area contributed by atoms with Crippen molar-refractivity contribution in [3.63, 3.8) is 0 Å². The van der Waals surface area contributed by atoms with Gasteiger partial charge in [-0.1, -0.05) is 24.3 Å².